The summed E-state index contributed by atoms with van der Waals surface area (Å²) in [6, 6.07) is 10.6. The summed E-state index contributed by atoms with van der Waals surface area (Å²) in [5.41, 5.74) is 5.07. The van der Waals surface area contributed by atoms with Crippen molar-refractivity contribution in [3.05, 3.63) is 59.4 Å². The van der Waals surface area contributed by atoms with Gasteiger partial charge >= 0.3 is 0 Å². The predicted octanol–water partition coefficient (Wildman–Crippen LogP) is 3.35. The molecule has 0 aliphatic rings. The van der Waals surface area contributed by atoms with Crippen LogP contribution in [0.1, 0.15) is 16.7 Å². The van der Waals surface area contributed by atoms with E-state index in [9.17, 15) is 0 Å². The van der Waals surface area contributed by atoms with Crippen LogP contribution in [0.3, 0.4) is 0 Å². The summed E-state index contributed by atoms with van der Waals surface area (Å²) in [5.74, 6) is 0. The zero-order valence-corrected chi connectivity index (χ0v) is 10.4. The normalized spacial score (nSPS) is 10.2. The number of nitrogens with one attached hydrogen (secondary N) is 1. The highest BCUT2D eigenvalue weighted by Crippen LogP contribution is 2.13. The first-order valence-electron chi connectivity index (χ1n) is 5.95. The Morgan fingerprint density at radius 1 is 1.12 bits per heavy atom. The third kappa shape index (κ3) is 3.59. The minimum Gasteiger partial charge on any atom is -0.385 e. The average Bonchev–Trinajstić information content (AvgIpc) is 2.29. The topological polar surface area (TPSA) is 24.9 Å². The maximum atomic E-state index is 4.11. The number of aryl methyl sites for hydroxylation is 2. The molecule has 0 unspecified atom stereocenters. The van der Waals surface area contributed by atoms with Crippen LogP contribution in [0.5, 0.6) is 0 Å². The summed E-state index contributed by atoms with van der Waals surface area (Å²) in [4.78, 5) is 4.11. The smallest absolute Gasteiger partial charge is 0.0345 e. The Labute approximate surface area is 103 Å². The van der Waals surface area contributed by atoms with Crippen molar-refractivity contribution in [2.24, 2.45) is 0 Å². The van der Waals surface area contributed by atoms with E-state index in [0.29, 0.717) is 0 Å². The molecular weight excluding hydrogens is 208 g/mol. The van der Waals surface area contributed by atoms with Gasteiger partial charge in [-0.3, -0.25) is 4.98 Å². The summed E-state index contributed by atoms with van der Waals surface area (Å²) in [6.07, 6.45) is 4.73. The zero-order chi connectivity index (χ0) is 12.1. The van der Waals surface area contributed by atoms with Crippen molar-refractivity contribution in [3.63, 3.8) is 0 Å². The second-order valence-corrected chi connectivity index (χ2v) is 4.41. The Morgan fingerprint density at radius 3 is 2.53 bits per heavy atom. The lowest BCUT2D eigenvalue weighted by Gasteiger charge is -2.08. The highest BCUT2D eigenvalue weighted by Gasteiger charge is 1.96. The fourth-order valence-corrected chi connectivity index (χ4v) is 1.97. The SMILES string of the molecule is Cc1cc(C)cc(NCCc2cccnc2)c1. The summed E-state index contributed by atoms with van der Waals surface area (Å²) in [5, 5.41) is 3.45. The minimum absolute atomic E-state index is 0.939. The van der Waals surface area contributed by atoms with Crippen molar-refractivity contribution < 1.29 is 0 Å². The van der Waals surface area contributed by atoms with Gasteiger partial charge in [-0.1, -0.05) is 12.1 Å². The van der Waals surface area contributed by atoms with E-state index >= 15 is 0 Å². The average molecular weight is 226 g/mol. The quantitative estimate of drug-likeness (QED) is 0.864. The van der Waals surface area contributed by atoms with Gasteiger partial charge in [-0.25, -0.2) is 0 Å². The lowest BCUT2D eigenvalue weighted by molar-refractivity contribution is 1.00. The van der Waals surface area contributed by atoms with Gasteiger partial charge in [0.15, 0.2) is 0 Å². The Morgan fingerprint density at radius 2 is 1.88 bits per heavy atom. The van der Waals surface area contributed by atoms with Crippen molar-refractivity contribution in [1.29, 1.82) is 0 Å². The van der Waals surface area contributed by atoms with E-state index in [-0.39, 0.29) is 0 Å². The molecule has 1 heterocycles. The van der Waals surface area contributed by atoms with Crippen LogP contribution in [-0.2, 0) is 6.42 Å². The highest BCUT2D eigenvalue weighted by molar-refractivity contribution is 5.48. The van der Waals surface area contributed by atoms with E-state index in [0.717, 1.165) is 13.0 Å². The fourth-order valence-electron chi connectivity index (χ4n) is 1.97. The van der Waals surface area contributed by atoms with E-state index in [1.165, 1.54) is 22.4 Å². The molecule has 0 spiro atoms. The van der Waals surface area contributed by atoms with Crippen molar-refractivity contribution >= 4 is 5.69 Å². The van der Waals surface area contributed by atoms with Crippen molar-refractivity contribution in [2.75, 3.05) is 11.9 Å². The largest absolute Gasteiger partial charge is 0.385 e. The molecule has 1 aromatic heterocycles. The van der Waals surface area contributed by atoms with E-state index in [4.69, 9.17) is 0 Å². The van der Waals surface area contributed by atoms with Gasteiger partial charge in [0.2, 0.25) is 0 Å². The van der Waals surface area contributed by atoms with Gasteiger partial charge < -0.3 is 5.32 Å². The van der Waals surface area contributed by atoms with E-state index in [2.05, 4.69) is 48.4 Å². The summed E-state index contributed by atoms with van der Waals surface area (Å²) < 4.78 is 0. The van der Waals surface area contributed by atoms with Gasteiger partial charge in [0.1, 0.15) is 0 Å². The second-order valence-electron chi connectivity index (χ2n) is 4.41. The molecule has 0 radical (unpaired) electrons. The number of nitrogens with zero attached hydrogens (tertiary/aromatic N) is 1. The van der Waals surface area contributed by atoms with Crippen LogP contribution in [0.15, 0.2) is 42.7 Å². The van der Waals surface area contributed by atoms with Gasteiger partial charge in [-0.15, -0.1) is 0 Å². The van der Waals surface area contributed by atoms with Crippen molar-refractivity contribution in [3.8, 4) is 0 Å². The third-order valence-corrected chi connectivity index (χ3v) is 2.69. The van der Waals surface area contributed by atoms with Crippen molar-refractivity contribution in [2.45, 2.75) is 20.3 Å². The Hall–Kier alpha value is -1.83. The molecule has 1 aromatic carbocycles. The maximum Gasteiger partial charge on any atom is 0.0345 e. The molecule has 2 aromatic rings. The van der Waals surface area contributed by atoms with Crippen LogP contribution in [0, 0.1) is 13.8 Å². The number of benzene rings is 1. The van der Waals surface area contributed by atoms with Crippen LogP contribution in [0.25, 0.3) is 0 Å². The molecule has 0 aliphatic carbocycles. The number of pyridine rings is 1. The molecule has 0 saturated heterocycles. The first kappa shape index (κ1) is 11.6. The van der Waals surface area contributed by atoms with Gasteiger partial charge in [0.05, 0.1) is 0 Å². The molecule has 0 bridgehead atoms. The maximum absolute atomic E-state index is 4.11. The van der Waals surface area contributed by atoms with Crippen LogP contribution in [0.4, 0.5) is 5.69 Å². The Balaban J connectivity index is 1.90. The lowest BCUT2D eigenvalue weighted by Crippen LogP contribution is -2.05. The molecule has 88 valence electrons. The van der Waals surface area contributed by atoms with Gasteiger partial charge in [0, 0.05) is 24.6 Å². The standard InChI is InChI=1S/C15H18N2/c1-12-8-13(2)10-15(9-12)17-7-5-14-4-3-6-16-11-14/h3-4,6,8-11,17H,5,7H2,1-2H3. The molecule has 2 heteroatoms. The van der Waals surface area contributed by atoms with Crippen LogP contribution in [-0.4, -0.2) is 11.5 Å². The summed E-state index contributed by atoms with van der Waals surface area (Å²) in [7, 11) is 0. The molecular formula is C15H18N2. The Kier molecular flexibility index (Phi) is 3.76. The number of hydrogen-bond acceptors (Lipinski definition) is 2. The fraction of sp³-hybridized carbons (Fsp3) is 0.267. The second kappa shape index (κ2) is 5.48. The van der Waals surface area contributed by atoms with Gasteiger partial charge in [0.25, 0.3) is 0 Å². The molecule has 0 amide bonds. The van der Waals surface area contributed by atoms with Crippen LogP contribution >= 0.6 is 0 Å². The summed E-state index contributed by atoms with van der Waals surface area (Å²) in [6.45, 7) is 5.19. The number of aromatic nitrogens is 1. The Bertz CT molecular complexity index is 457. The minimum atomic E-state index is 0.939. The molecule has 0 fully saturated rings. The van der Waals surface area contributed by atoms with Gasteiger partial charge in [-0.2, -0.15) is 0 Å². The van der Waals surface area contributed by atoms with E-state index in [1.54, 1.807) is 6.20 Å². The first-order chi connectivity index (χ1) is 8.24. The number of hydrogen-bond donors (Lipinski definition) is 1. The first-order valence-corrected chi connectivity index (χ1v) is 5.95. The number of rotatable bonds is 4. The monoisotopic (exact) mass is 226 g/mol. The van der Waals surface area contributed by atoms with Crippen LogP contribution in [0.2, 0.25) is 0 Å². The van der Waals surface area contributed by atoms with E-state index in [1.807, 2.05) is 12.3 Å². The molecule has 2 nitrogen and oxygen atoms in total. The highest BCUT2D eigenvalue weighted by atomic mass is 14.9. The molecule has 0 saturated carbocycles. The van der Waals surface area contributed by atoms with E-state index < -0.39 is 0 Å². The third-order valence-electron chi connectivity index (χ3n) is 2.69. The molecule has 2 rings (SSSR count). The summed E-state index contributed by atoms with van der Waals surface area (Å²) >= 11 is 0. The van der Waals surface area contributed by atoms with Crippen molar-refractivity contribution in [1.82, 2.24) is 4.98 Å². The zero-order valence-electron chi connectivity index (χ0n) is 10.4. The molecule has 1 N–H and O–H groups in total. The van der Waals surface area contributed by atoms with Crippen LogP contribution < -0.4 is 5.32 Å². The molecule has 0 aliphatic heterocycles. The molecule has 0 atom stereocenters. The lowest BCUT2D eigenvalue weighted by atomic mass is 10.1. The van der Waals surface area contributed by atoms with Gasteiger partial charge in [-0.05, 0) is 55.2 Å². The molecule has 17 heavy (non-hydrogen) atoms. The number of anilines is 1. The predicted molar refractivity (Wildman–Crippen MR) is 72.3 cm³/mol.